The molecule has 106 valence electrons. The van der Waals surface area contributed by atoms with E-state index in [1.54, 1.807) is 24.3 Å². The van der Waals surface area contributed by atoms with Crippen molar-refractivity contribution in [1.82, 2.24) is 0 Å². The van der Waals surface area contributed by atoms with Gasteiger partial charge in [0.2, 0.25) is 6.54 Å². The molecule has 5 nitrogen and oxygen atoms in total. The van der Waals surface area contributed by atoms with Crippen LogP contribution in [0.3, 0.4) is 0 Å². The second kappa shape index (κ2) is 5.75. The van der Waals surface area contributed by atoms with E-state index >= 15 is 0 Å². The number of fused-ring (bicyclic) bond motifs is 1. The number of allylic oxidation sites excluding steroid dienone is 1. The van der Waals surface area contributed by atoms with Gasteiger partial charge in [-0.3, -0.25) is 14.9 Å². The molecule has 2 rings (SSSR count). The first kappa shape index (κ1) is 14.7. The Morgan fingerprint density at radius 1 is 1.50 bits per heavy atom. The van der Waals surface area contributed by atoms with E-state index < -0.39 is 17.8 Å². The monoisotopic (exact) mass is 339 g/mol. The number of ether oxygens (including phenoxy) is 1. The maximum atomic E-state index is 12.1. The number of rotatable bonds is 3. The zero-order chi connectivity index (χ0) is 14.9. The molecule has 0 spiro atoms. The van der Waals surface area contributed by atoms with Gasteiger partial charge in [-0.05, 0) is 32.0 Å². The summed E-state index contributed by atoms with van der Waals surface area (Å²) in [7, 11) is 0. The molecule has 0 amide bonds. The van der Waals surface area contributed by atoms with Gasteiger partial charge in [0.05, 0.1) is 11.8 Å². The molecule has 0 aromatic heterocycles. The highest BCUT2D eigenvalue weighted by Crippen LogP contribution is 2.40. The Balaban J connectivity index is 2.52. The van der Waals surface area contributed by atoms with Crippen LogP contribution in [0.1, 0.15) is 25.3 Å². The Labute approximate surface area is 124 Å². The first-order chi connectivity index (χ1) is 9.38. The highest BCUT2D eigenvalue weighted by Gasteiger charge is 2.39. The molecule has 0 saturated heterocycles. The maximum Gasteiger partial charge on any atom is 0.319 e. The molecule has 1 aliphatic heterocycles. The molecular weight excluding hydrogens is 326 g/mol. The maximum absolute atomic E-state index is 12.1. The van der Waals surface area contributed by atoms with Gasteiger partial charge in [0.1, 0.15) is 5.75 Å². The second-order valence-electron chi connectivity index (χ2n) is 4.99. The topological polar surface area (TPSA) is 69.4 Å². The van der Waals surface area contributed by atoms with Crippen molar-refractivity contribution in [2.45, 2.75) is 19.8 Å². The van der Waals surface area contributed by atoms with Crippen molar-refractivity contribution in [2.24, 2.45) is 5.92 Å². The number of esters is 1. The fraction of sp³-hybridized carbons (Fsp3) is 0.357. The molecule has 20 heavy (non-hydrogen) atoms. The molecule has 0 fully saturated rings. The third kappa shape index (κ3) is 3.07. The van der Waals surface area contributed by atoms with E-state index in [2.05, 4.69) is 15.9 Å². The average Bonchev–Trinajstić information content (AvgIpc) is 2.33. The molecule has 0 radical (unpaired) electrons. The van der Waals surface area contributed by atoms with Crippen LogP contribution in [0.4, 0.5) is 0 Å². The standard InChI is InChI=1S/C14H14BrNO4/c1-8(2)5-11-12(7-16(18)19)10-6-9(15)3-4-13(10)20-14(11)17/h3-6,11-12H,7H2,1-2H3/t11-,12-/m0/s1. The van der Waals surface area contributed by atoms with E-state index in [4.69, 9.17) is 4.74 Å². The van der Waals surface area contributed by atoms with Crippen LogP contribution in [-0.4, -0.2) is 17.4 Å². The lowest BCUT2D eigenvalue weighted by molar-refractivity contribution is -0.484. The third-order valence-corrected chi connectivity index (χ3v) is 3.64. The Morgan fingerprint density at radius 2 is 2.20 bits per heavy atom. The lowest BCUT2D eigenvalue weighted by Crippen LogP contribution is -2.34. The summed E-state index contributed by atoms with van der Waals surface area (Å²) in [4.78, 5) is 22.6. The summed E-state index contributed by atoms with van der Waals surface area (Å²) in [5.74, 6) is -1.16. The number of carbonyl (C=O) groups excluding carboxylic acids is 1. The molecule has 0 aliphatic carbocycles. The number of carbonyl (C=O) groups is 1. The van der Waals surface area contributed by atoms with Gasteiger partial charge in [0.25, 0.3) is 0 Å². The fourth-order valence-electron chi connectivity index (χ4n) is 2.35. The third-order valence-electron chi connectivity index (χ3n) is 3.15. The summed E-state index contributed by atoms with van der Waals surface area (Å²) in [5.41, 5.74) is 1.62. The van der Waals surface area contributed by atoms with Crippen molar-refractivity contribution < 1.29 is 14.5 Å². The van der Waals surface area contributed by atoms with Crippen LogP contribution in [0.25, 0.3) is 0 Å². The Bertz CT molecular complexity index is 593. The Hall–Kier alpha value is -1.69. The van der Waals surface area contributed by atoms with E-state index in [0.29, 0.717) is 11.3 Å². The van der Waals surface area contributed by atoms with Crippen molar-refractivity contribution in [3.63, 3.8) is 0 Å². The van der Waals surface area contributed by atoms with Crippen LogP contribution in [0.15, 0.2) is 34.3 Å². The number of nitro groups is 1. The summed E-state index contributed by atoms with van der Waals surface area (Å²) in [6, 6.07) is 5.18. The predicted molar refractivity (Wildman–Crippen MR) is 77.3 cm³/mol. The second-order valence-corrected chi connectivity index (χ2v) is 5.91. The lowest BCUT2D eigenvalue weighted by atomic mass is 9.82. The van der Waals surface area contributed by atoms with Crippen molar-refractivity contribution in [2.75, 3.05) is 6.54 Å². The summed E-state index contributed by atoms with van der Waals surface area (Å²) in [6.45, 7) is 3.41. The number of nitrogens with zero attached hydrogens (tertiary/aromatic N) is 1. The van der Waals surface area contributed by atoms with Gasteiger partial charge >= 0.3 is 5.97 Å². The number of halogens is 1. The number of hydrogen-bond acceptors (Lipinski definition) is 4. The van der Waals surface area contributed by atoms with E-state index in [-0.39, 0.29) is 11.5 Å². The van der Waals surface area contributed by atoms with Gasteiger partial charge < -0.3 is 4.74 Å². The van der Waals surface area contributed by atoms with E-state index in [1.807, 2.05) is 13.8 Å². The fourth-order valence-corrected chi connectivity index (χ4v) is 2.73. The first-order valence-electron chi connectivity index (χ1n) is 6.16. The largest absolute Gasteiger partial charge is 0.426 e. The highest BCUT2D eigenvalue weighted by molar-refractivity contribution is 9.10. The quantitative estimate of drug-likeness (QED) is 0.278. The highest BCUT2D eigenvalue weighted by atomic mass is 79.9. The molecule has 1 aliphatic rings. The smallest absolute Gasteiger partial charge is 0.319 e. The molecule has 1 aromatic rings. The molecular formula is C14H14BrNO4. The summed E-state index contributed by atoms with van der Waals surface area (Å²) < 4.78 is 6.09. The van der Waals surface area contributed by atoms with Crippen molar-refractivity contribution in [3.8, 4) is 5.75 Å². The summed E-state index contributed by atoms with van der Waals surface area (Å²) in [6.07, 6.45) is 1.74. The van der Waals surface area contributed by atoms with E-state index in [1.165, 1.54) is 0 Å². The van der Waals surface area contributed by atoms with Gasteiger partial charge in [-0.25, -0.2) is 0 Å². The van der Waals surface area contributed by atoms with Crippen LogP contribution in [0, 0.1) is 16.0 Å². The summed E-state index contributed by atoms with van der Waals surface area (Å²) in [5, 5.41) is 10.9. The lowest BCUT2D eigenvalue weighted by Gasteiger charge is -2.28. The Morgan fingerprint density at radius 3 is 2.80 bits per heavy atom. The molecule has 2 atom stereocenters. The molecule has 1 aromatic carbocycles. The van der Waals surface area contributed by atoms with E-state index in [0.717, 1.165) is 10.0 Å². The van der Waals surface area contributed by atoms with Crippen LogP contribution >= 0.6 is 15.9 Å². The van der Waals surface area contributed by atoms with Gasteiger partial charge in [0.15, 0.2) is 0 Å². The minimum atomic E-state index is -0.618. The number of benzene rings is 1. The normalized spacial score (nSPS) is 20.9. The van der Waals surface area contributed by atoms with Crippen molar-refractivity contribution >= 4 is 21.9 Å². The van der Waals surface area contributed by atoms with Crippen LogP contribution in [0.5, 0.6) is 5.75 Å². The van der Waals surface area contributed by atoms with Gasteiger partial charge in [-0.1, -0.05) is 27.6 Å². The minimum absolute atomic E-state index is 0.299. The van der Waals surface area contributed by atoms with Crippen LogP contribution < -0.4 is 4.74 Å². The SMILES string of the molecule is CC(C)=C[C@@H]1C(=O)Oc2ccc(Br)cc2[C@@H]1C[N+](=O)[O-]. The van der Waals surface area contributed by atoms with Crippen LogP contribution in [-0.2, 0) is 4.79 Å². The van der Waals surface area contributed by atoms with E-state index in [9.17, 15) is 14.9 Å². The van der Waals surface area contributed by atoms with Crippen LogP contribution in [0.2, 0.25) is 0 Å². The minimum Gasteiger partial charge on any atom is -0.426 e. The zero-order valence-electron chi connectivity index (χ0n) is 11.1. The average molecular weight is 340 g/mol. The van der Waals surface area contributed by atoms with Crippen molar-refractivity contribution in [1.29, 1.82) is 0 Å². The molecule has 0 bridgehead atoms. The van der Waals surface area contributed by atoms with Gasteiger partial charge in [-0.2, -0.15) is 0 Å². The molecule has 0 unspecified atom stereocenters. The molecule has 0 saturated carbocycles. The summed E-state index contributed by atoms with van der Waals surface area (Å²) >= 11 is 3.34. The zero-order valence-corrected chi connectivity index (χ0v) is 12.7. The number of hydrogen-bond donors (Lipinski definition) is 0. The van der Waals surface area contributed by atoms with Gasteiger partial charge in [-0.15, -0.1) is 0 Å². The molecule has 1 heterocycles. The van der Waals surface area contributed by atoms with Gasteiger partial charge in [0, 0.05) is 15.0 Å². The molecule has 0 N–H and O–H groups in total. The van der Waals surface area contributed by atoms with Crippen molar-refractivity contribution in [3.05, 3.63) is 50.0 Å². The predicted octanol–water partition coefficient (Wildman–Crippen LogP) is 3.31. The Kier molecular flexibility index (Phi) is 4.23. The molecule has 6 heteroatoms. The first-order valence-corrected chi connectivity index (χ1v) is 6.95.